The summed E-state index contributed by atoms with van der Waals surface area (Å²) < 4.78 is 0. The summed E-state index contributed by atoms with van der Waals surface area (Å²) in [7, 11) is 0. The van der Waals surface area contributed by atoms with E-state index >= 15 is 0 Å². The zero-order valence-electron chi connectivity index (χ0n) is 15.6. The van der Waals surface area contributed by atoms with Crippen LogP contribution in [0.1, 0.15) is 42.7 Å². The quantitative estimate of drug-likeness (QED) is 0.849. The Hall–Kier alpha value is -1.55. The van der Waals surface area contributed by atoms with Crippen LogP contribution < -0.4 is 4.90 Å². The van der Waals surface area contributed by atoms with Crippen LogP contribution in [0.25, 0.3) is 0 Å². The number of benzene rings is 2. The first-order valence-electron chi connectivity index (χ1n) is 10.2. The second-order valence-electron chi connectivity index (χ2n) is 8.34. The highest BCUT2D eigenvalue weighted by Crippen LogP contribution is 2.67. The third kappa shape index (κ3) is 2.88. The lowest BCUT2D eigenvalue weighted by atomic mass is 9.91. The highest BCUT2D eigenvalue weighted by Gasteiger charge is 2.66. The van der Waals surface area contributed by atoms with Gasteiger partial charge < -0.3 is 14.9 Å². The lowest BCUT2D eigenvalue weighted by Gasteiger charge is -2.32. The number of para-hydroxylation sites is 1. The van der Waals surface area contributed by atoms with Crippen molar-refractivity contribution in [1.82, 2.24) is 4.90 Å². The van der Waals surface area contributed by atoms with E-state index in [1.165, 1.54) is 49.2 Å². The number of hydrogen-bond acceptors (Lipinski definition) is 3. The van der Waals surface area contributed by atoms with Gasteiger partial charge in [0.1, 0.15) is 6.23 Å². The summed E-state index contributed by atoms with van der Waals surface area (Å²) in [5, 5.41) is 12.2. The Labute approximate surface area is 166 Å². The molecule has 3 nitrogen and oxygen atoms in total. The van der Waals surface area contributed by atoms with Crippen LogP contribution in [-0.2, 0) is 5.41 Å². The van der Waals surface area contributed by atoms with E-state index in [4.69, 9.17) is 11.6 Å². The molecule has 142 valence electrons. The summed E-state index contributed by atoms with van der Waals surface area (Å²) >= 11 is 6.07. The number of piperidine rings is 1. The van der Waals surface area contributed by atoms with Gasteiger partial charge in [0.2, 0.25) is 0 Å². The summed E-state index contributed by atoms with van der Waals surface area (Å²) in [5.74, 6) is 0.367. The monoisotopic (exact) mass is 382 g/mol. The first-order chi connectivity index (χ1) is 13.2. The van der Waals surface area contributed by atoms with Crippen molar-refractivity contribution in [2.75, 3.05) is 31.1 Å². The Morgan fingerprint density at radius 2 is 1.70 bits per heavy atom. The average molecular weight is 383 g/mol. The van der Waals surface area contributed by atoms with Crippen molar-refractivity contribution >= 4 is 17.3 Å². The zero-order valence-corrected chi connectivity index (χ0v) is 16.4. The number of aliphatic hydroxyl groups excluding tert-OH is 1. The van der Waals surface area contributed by atoms with Crippen LogP contribution in [0, 0.1) is 0 Å². The van der Waals surface area contributed by atoms with E-state index in [1.807, 2.05) is 12.1 Å². The van der Waals surface area contributed by atoms with Gasteiger partial charge in [-0.2, -0.15) is 0 Å². The van der Waals surface area contributed by atoms with E-state index in [-0.39, 0.29) is 5.41 Å². The zero-order chi connectivity index (χ0) is 18.4. The topological polar surface area (TPSA) is 26.7 Å². The Morgan fingerprint density at radius 1 is 0.963 bits per heavy atom. The molecule has 2 heterocycles. The summed E-state index contributed by atoms with van der Waals surface area (Å²) in [4.78, 5) is 4.80. The number of rotatable bonds is 4. The molecule has 2 aromatic carbocycles. The third-order valence-electron chi connectivity index (χ3n) is 6.85. The molecule has 27 heavy (non-hydrogen) atoms. The number of hydrogen-bond donors (Lipinski definition) is 1. The molecular formula is C23H27ClN2O. The molecule has 2 fully saturated rings. The van der Waals surface area contributed by atoms with Crippen LogP contribution in [0.5, 0.6) is 0 Å². The molecular weight excluding hydrogens is 356 g/mol. The molecule has 0 radical (unpaired) electrons. The predicted molar refractivity (Wildman–Crippen MR) is 111 cm³/mol. The maximum Gasteiger partial charge on any atom is 0.137 e. The van der Waals surface area contributed by atoms with Gasteiger partial charge in [-0.05, 0) is 67.6 Å². The molecule has 5 rings (SSSR count). The Kier molecular flexibility index (Phi) is 4.42. The lowest BCUT2D eigenvalue weighted by molar-refractivity contribution is 0.130. The van der Waals surface area contributed by atoms with E-state index in [2.05, 4.69) is 46.2 Å². The van der Waals surface area contributed by atoms with Gasteiger partial charge in [-0.25, -0.2) is 0 Å². The third-order valence-corrected chi connectivity index (χ3v) is 7.10. The van der Waals surface area contributed by atoms with Crippen molar-refractivity contribution in [2.24, 2.45) is 0 Å². The summed E-state index contributed by atoms with van der Waals surface area (Å²) in [6.45, 7) is 4.33. The van der Waals surface area contributed by atoms with Crippen LogP contribution in [0.15, 0.2) is 48.5 Å². The molecule has 3 atom stereocenters. The predicted octanol–water partition coefficient (Wildman–Crippen LogP) is 4.39. The number of aliphatic hydroxyl groups is 1. The fourth-order valence-corrected chi connectivity index (χ4v) is 5.44. The number of halogens is 1. The van der Waals surface area contributed by atoms with Crippen LogP contribution in [0.4, 0.5) is 5.69 Å². The number of fused-ring (bicyclic) bond motifs is 2. The molecule has 2 aliphatic heterocycles. The first kappa shape index (κ1) is 17.5. The van der Waals surface area contributed by atoms with Gasteiger partial charge in [0.15, 0.2) is 0 Å². The van der Waals surface area contributed by atoms with Gasteiger partial charge in [0.05, 0.1) is 0 Å². The molecule has 0 amide bonds. The molecule has 0 bridgehead atoms. The molecule has 3 aliphatic rings. The fraction of sp³-hybridized carbons (Fsp3) is 0.478. The Morgan fingerprint density at radius 3 is 2.48 bits per heavy atom. The minimum Gasteiger partial charge on any atom is -0.373 e. The van der Waals surface area contributed by atoms with E-state index in [1.54, 1.807) is 0 Å². The van der Waals surface area contributed by atoms with Crippen molar-refractivity contribution < 1.29 is 5.11 Å². The van der Waals surface area contributed by atoms with Crippen molar-refractivity contribution in [3.8, 4) is 0 Å². The molecule has 4 heteroatoms. The van der Waals surface area contributed by atoms with Crippen LogP contribution in [-0.4, -0.2) is 42.4 Å². The van der Waals surface area contributed by atoms with Gasteiger partial charge in [-0.15, -0.1) is 0 Å². The number of anilines is 1. The van der Waals surface area contributed by atoms with E-state index in [0.717, 1.165) is 24.5 Å². The Bertz CT molecular complexity index is 817. The average Bonchev–Trinajstić information content (AvgIpc) is 3.41. The molecule has 0 aromatic heterocycles. The van der Waals surface area contributed by atoms with Gasteiger partial charge in [-0.3, -0.25) is 0 Å². The van der Waals surface area contributed by atoms with E-state index in [0.29, 0.717) is 5.92 Å². The standard InChI is InChI=1S/C23H27ClN2O/c24-18-10-8-17(9-11-18)20-16-23(20)19-6-2-3-7-21(19)26(22(23)27)15-14-25-12-4-1-5-13-25/h2-3,6-11,20,22,27H,1,4-5,12-16H2/t20-,22?,23-/m0/s1. The number of likely N-dealkylation sites (tertiary alicyclic amines) is 1. The lowest BCUT2D eigenvalue weighted by Crippen LogP contribution is -2.43. The number of nitrogens with zero attached hydrogens (tertiary/aromatic N) is 2. The normalized spacial score (nSPS) is 29.9. The first-order valence-corrected chi connectivity index (χ1v) is 10.6. The van der Waals surface area contributed by atoms with Crippen LogP contribution in [0.3, 0.4) is 0 Å². The highest BCUT2D eigenvalue weighted by molar-refractivity contribution is 6.30. The van der Waals surface area contributed by atoms with Crippen LogP contribution >= 0.6 is 11.6 Å². The molecule has 1 aliphatic carbocycles. The summed E-state index contributed by atoms with van der Waals surface area (Å²) in [6.07, 6.45) is 4.54. The van der Waals surface area contributed by atoms with Gasteiger partial charge in [0.25, 0.3) is 0 Å². The van der Waals surface area contributed by atoms with E-state index < -0.39 is 6.23 Å². The SMILES string of the molecule is OC1N(CCN2CCCCC2)c2ccccc2[C@]12C[C@H]2c1ccc(Cl)cc1. The van der Waals surface area contributed by atoms with Crippen molar-refractivity contribution in [1.29, 1.82) is 0 Å². The largest absolute Gasteiger partial charge is 0.373 e. The minimum atomic E-state index is -0.444. The van der Waals surface area contributed by atoms with Gasteiger partial charge in [0, 0.05) is 29.2 Å². The maximum absolute atomic E-state index is 11.4. The van der Waals surface area contributed by atoms with E-state index in [9.17, 15) is 5.11 Å². The Balaban J connectivity index is 1.40. The van der Waals surface area contributed by atoms with Crippen molar-refractivity contribution in [3.63, 3.8) is 0 Å². The molecule has 1 unspecified atom stereocenters. The smallest absolute Gasteiger partial charge is 0.137 e. The molecule has 2 aromatic rings. The summed E-state index contributed by atoms with van der Waals surface area (Å²) in [6, 6.07) is 16.8. The fourth-order valence-electron chi connectivity index (χ4n) is 5.31. The van der Waals surface area contributed by atoms with Gasteiger partial charge in [-0.1, -0.05) is 48.4 Å². The van der Waals surface area contributed by atoms with Crippen LogP contribution in [0.2, 0.25) is 5.02 Å². The molecule has 1 spiro atoms. The van der Waals surface area contributed by atoms with Gasteiger partial charge >= 0.3 is 0 Å². The highest BCUT2D eigenvalue weighted by atomic mass is 35.5. The molecule has 1 saturated heterocycles. The summed E-state index contributed by atoms with van der Waals surface area (Å²) in [5.41, 5.74) is 3.66. The second kappa shape index (κ2) is 6.80. The van der Waals surface area contributed by atoms with Crippen molar-refractivity contribution in [2.45, 2.75) is 43.2 Å². The second-order valence-corrected chi connectivity index (χ2v) is 8.77. The minimum absolute atomic E-state index is 0.160. The maximum atomic E-state index is 11.4. The van der Waals surface area contributed by atoms with Crippen molar-refractivity contribution in [3.05, 3.63) is 64.7 Å². The molecule has 1 saturated carbocycles. The molecule has 1 N–H and O–H groups in total.